The molecule has 0 saturated heterocycles. The number of anilines is 1. The molecule has 2 aromatic rings. The molecular formula is C16H22N2O. The molecule has 3 nitrogen and oxygen atoms in total. The standard InChI is InChI=1S/C16H22N2O/c1-12-6-8-13(9-7-12)10-11-17-16-18-14-4-2-3-5-15(14)19-16/h2-5,12-13H,6-11H2,1H3,(H,17,18). The van der Waals surface area contributed by atoms with Crippen molar-refractivity contribution in [2.24, 2.45) is 11.8 Å². The molecule has 1 aliphatic rings. The number of para-hydroxylation sites is 2. The van der Waals surface area contributed by atoms with E-state index >= 15 is 0 Å². The molecular weight excluding hydrogens is 236 g/mol. The van der Waals surface area contributed by atoms with E-state index < -0.39 is 0 Å². The summed E-state index contributed by atoms with van der Waals surface area (Å²) in [5.41, 5.74) is 1.79. The normalized spacial score (nSPS) is 23.6. The molecule has 0 amide bonds. The molecule has 1 heterocycles. The van der Waals surface area contributed by atoms with Crippen molar-refractivity contribution in [1.29, 1.82) is 0 Å². The fourth-order valence-corrected chi connectivity index (χ4v) is 2.95. The van der Waals surface area contributed by atoms with Crippen LogP contribution in [0.1, 0.15) is 39.0 Å². The Hall–Kier alpha value is -1.51. The van der Waals surface area contributed by atoms with Gasteiger partial charge in [0.2, 0.25) is 0 Å². The van der Waals surface area contributed by atoms with Crippen LogP contribution in [0.4, 0.5) is 6.01 Å². The second kappa shape index (κ2) is 5.64. The molecule has 0 atom stereocenters. The van der Waals surface area contributed by atoms with Crippen LogP contribution in [0.5, 0.6) is 0 Å². The molecule has 0 aliphatic heterocycles. The van der Waals surface area contributed by atoms with Gasteiger partial charge in [0.1, 0.15) is 5.52 Å². The van der Waals surface area contributed by atoms with Gasteiger partial charge in [0.25, 0.3) is 6.01 Å². The molecule has 1 aromatic heterocycles. The van der Waals surface area contributed by atoms with Crippen molar-refractivity contribution >= 4 is 17.1 Å². The molecule has 1 aromatic carbocycles. The maximum Gasteiger partial charge on any atom is 0.295 e. The Bertz CT molecular complexity index is 493. The highest BCUT2D eigenvalue weighted by atomic mass is 16.4. The third-order valence-corrected chi connectivity index (χ3v) is 4.26. The number of benzene rings is 1. The SMILES string of the molecule is CC1CCC(CCNc2nc3ccccc3o2)CC1. The minimum Gasteiger partial charge on any atom is -0.424 e. The first-order valence-corrected chi connectivity index (χ1v) is 7.40. The lowest BCUT2D eigenvalue weighted by Gasteiger charge is -2.25. The minimum atomic E-state index is 0.658. The predicted molar refractivity (Wildman–Crippen MR) is 78.2 cm³/mol. The number of rotatable bonds is 4. The van der Waals surface area contributed by atoms with E-state index in [1.807, 2.05) is 24.3 Å². The lowest BCUT2D eigenvalue weighted by molar-refractivity contribution is 0.281. The van der Waals surface area contributed by atoms with Gasteiger partial charge in [-0.2, -0.15) is 4.98 Å². The Morgan fingerprint density at radius 1 is 1.21 bits per heavy atom. The van der Waals surface area contributed by atoms with E-state index in [0.29, 0.717) is 6.01 Å². The first-order chi connectivity index (χ1) is 9.31. The lowest BCUT2D eigenvalue weighted by Crippen LogP contribution is -2.15. The highest BCUT2D eigenvalue weighted by Crippen LogP contribution is 2.30. The van der Waals surface area contributed by atoms with Gasteiger partial charge in [0, 0.05) is 6.54 Å². The monoisotopic (exact) mass is 258 g/mol. The second-order valence-electron chi connectivity index (χ2n) is 5.83. The molecule has 1 N–H and O–H groups in total. The zero-order chi connectivity index (χ0) is 13.1. The lowest BCUT2D eigenvalue weighted by atomic mass is 9.81. The van der Waals surface area contributed by atoms with Gasteiger partial charge >= 0.3 is 0 Å². The molecule has 0 spiro atoms. The van der Waals surface area contributed by atoms with E-state index in [-0.39, 0.29) is 0 Å². The average molecular weight is 258 g/mol. The van der Waals surface area contributed by atoms with Crippen molar-refractivity contribution in [2.45, 2.75) is 39.0 Å². The van der Waals surface area contributed by atoms with Crippen LogP contribution < -0.4 is 5.32 Å². The number of fused-ring (bicyclic) bond motifs is 1. The molecule has 3 rings (SSSR count). The fourth-order valence-electron chi connectivity index (χ4n) is 2.95. The number of nitrogens with one attached hydrogen (secondary N) is 1. The van der Waals surface area contributed by atoms with E-state index in [1.54, 1.807) is 0 Å². The van der Waals surface area contributed by atoms with Crippen molar-refractivity contribution in [3.63, 3.8) is 0 Å². The Balaban J connectivity index is 1.49. The molecule has 1 saturated carbocycles. The fraction of sp³-hybridized carbons (Fsp3) is 0.562. The van der Waals surface area contributed by atoms with Crippen LogP contribution in [-0.2, 0) is 0 Å². The minimum absolute atomic E-state index is 0.658. The highest BCUT2D eigenvalue weighted by Gasteiger charge is 2.17. The van der Waals surface area contributed by atoms with Crippen LogP contribution >= 0.6 is 0 Å². The molecule has 1 aliphatic carbocycles. The Morgan fingerprint density at radius 2 is 2.00 bits per heavy atom. The van der Waals surface area contributed by atoms with Crippen molar-refractivity contribution in [1.82, 2.24) is 4.98 Å². The molecule has 1 fully saturated rings. The van der Waals surface area contributed by atoms with Crippen LogP contribution in [0.15, 0.2) is 28.7 Å². The number of hydrogen-bond acceptors (Lipinski definition) is 3. The zero-order valence-electron chi connectivity index (χ0n) is 11.6. The van der Waals surface area contributed by atoms with Gasteiger partial charge in [-0.1, -0.05) is 44.7 Å². The van der Waals surface area contributed by atoms with Crippen molar-refractivity contribution in [3.8, 4) is 0 Å². The summed E-state index contributed by atoms with van der Waals surface area (Å²) in [5, 5.41) is 3.31. The number of aromatic nitrogens is 1. The molecule has 0 radical (unpaired) electrons. The first-order valence-electron chi connectivity index (χ1n) is 7.40. The summed E-state index contributed by atoms with van der Waals surface area (Å²) in [5.74, 6) is 1.81. The number of oxazole rings is 1. The molecule has 102 valence electrons. The average Bonchev–Trinajstić information content (AvgIpc) is 2.83. The topological polar surface area (TPSA) is 38.1 Å². The van der Waals surface area contributed by atoms with Crippen LogP contribution in [0.25, 0.3) is 11.1 Å². The van der Waals surface area contributed by atoms with Gasteiger partial charge in [0.05, 0.1) is 0 Å². The van der Waals surface area contributed by atoms with Crippen LogP contribution in [0, 0.1) is 11.8 Å². The summed E-state index contributed by atoms with van der Waals surface area (Å²) < 4.78 is 5.65. The molecule has 0 bridgehead atoms. The summed E-state index contributed by atoms with van der Waals surface area (Å²) in [7, 11) is 0. The summed E-state index contributed by atoms with van der Waals surface area (Å²) >= 11 is 0. The summed E-state index contributed by atoms with van der Waals surface area (Å²) in [6.45, 7) is 3.33. The van der Waals surface area contributed by atoms with Gasteiger partial charge in [-0.25, -0.2) is 0 Å². The van der Waals surface area contributed by atoms with Gasteiger partial charge in [-0.15, -0.1) is 0 Å². The Kier molecular flexibility index (Phi) is 3.72. The predicted octanol–water partition coefficient (Wildman–Crippen LogP) is 4.46. The highest BCUT2D eigenvalue weighted by molar-refractivity contribution is 5.74. The second-order valence-corrected chi connectivity index (χ2v) is 5.83. The maximum absolute atomic E-state index is 5.65. The molecule has 3 heteroatoms. The van der Waals surface area contributed by atoms with E-state index in [2.05, 4.69) is 17.2 Å². The summed E-state index contributed by atoms with van der Waals surface area (Å²) in [4.78, 5) is 4.43. The van der Waals surface area contributed by atoms with Crippen molar-refractivity contribution in [2.75, 3.05) is 11.9 Å². The largest absolute Gasteiger partial charge is 0.424 e. The molecule has 19 heavy (non-hydrogen) atoms. The Labute approximate surface area is 114 Å². The van der Waals surface area contributed by atoms with E-state index in [1.165, 1.54) is 32.1 Å². The van der Waals surface area contributed by atoms with Crippen LogP contribution in [0.3, 0.4) is 0 Å². The van der Waals surface area contributed by atoms with E-state index in [9.17, 15) is 0 Å². The zero-order valence-corrected chi connectivity index (χ0v) is 11.6. The third kappa shape index (κ3) is 3.09. The Morgan fingerprint density at radius 3 is 2.79 bits per heavy atom. The maximum atomic E-state index is 5.65. The van der Waals surface area contributed by atoms with Crippen LogP contribution in [-0.4, -0.2) is 11.5 Å². The number of nitrogens with zero attached hydrogens (tertiary/aromatic N) is 1. The third-order valence-electron chi connectivity index (χ3n) is 4.26. The first kappa shape index (κ1) is 12.5. The van der Waals surface area contributed by atoms with Gasteiger partial charge in [-0.05, 0) is 30.4 Å². The van der Waals surface area contributed by atoms with Crippen molar-refractivity contribution < 1.29 is 4.42 Å². The number of hydrogen-bond donors (Lipinski definition) is 1. The van der Waals surface area contributed by atoms with E-state index in [0.717, 1.165) is 29.5 Å². The van der Waals surface area contributed by atoms with Gasteiger partial charge in [-0.3, -0.25) is 0 Å². The van der Waals surface area contributed by atoms with Gasteiger partial charge < -0.3 is 9.73 Å². The summed E-state index contributed by atoms with van der Waals surface area (Å²) in [6.07, 6.45) is 6.79. The van der Waals surface area contributed by atoms with Gasteiger partial charge in [0.15, 0.2) is 5.58 Å². The molecule has 0 unspecified atom stereocenters. The quantitative estimate of drug-likeness (QED) is 0.880. The van der Waals surface area contributed by atoms with E-state index in [4.69, 9.17) is 4.42 Å². The smallest absolute Gasteiger partial charge is 0.295 e. The van der Waals surface area contributed by atoms with Crippen LogP contribution in [0.2, 0.25) is 0 Å². The van der Waals surface area contributed by atoms with Crippen molar-refractivity contribution in [3.05, 3.63) is 24.3 Å². The summed E-state index contributed by atoms with van der Waals surface area (Å²) in [6, 6.07) is 8.55.